The summed E-state index contributed by atoms with van der Waals surface area (Å²) in [4.78, 5) is 24.1. The second-order valence-corrected chi connectivity index (χ2v) is 7.54. The van der Waals surface area contributed by atoms with Gasteiger partial charge in [0.25, 0.3) is 0 Å². The van der Waals surface area contributed by atoms with Crippen molar-refractivity contribution < 1.29 is 38.0 Å². The summed E-state index contributed by atoms with van der Waals surface area (Å²) >= 11 is 0. The van der Waals surface area contributed by atoms with Crippen molar-refractivity contribution in [1.82, 2.24) is 0 Å². The van der Waals surface area contributed by atoms with Gasteiger partial charge in [0.1, 0.15) is 12.2 Å². The maximum Gasteiger partial charge on any atom is 0.306 e. The molecule has 0 spiro atoms. The van der Waals surface area contributed by atoms with Crippen LogP contribution in [0.15, 0.2) is 60.7 Å². The van der Waals surface area contributed by atoms with E-state index in [1.54, 1.807) is 0 Å². The van der Waals surface area contributed by atoms with Crippen LogP contribution in [0.3, 0.4) is 0 Å². The Morgan fingerprint density at radius 1 is 0.625 bits per heavy atom. The Balaban J connectivity index is 1.11. The van der Waals surface area contributed by atoms with E-state index in [0.29, 0.717) is 0 Å². The van der Waals surface area contributed by atoms with E-state index in [0.717, 1.165) is 11.1 Å². The van der Waals surface area contributed by atoms with Gasteiger partial charge in [0.15, 0.2) is 12.6 Å². The highest BCUT2D eigenvalue weighted by Gasteiger charge is 2.28. The van der Waals surface area contributed by atoms with Crippen molar-refractivity contribution in [2.75, 3.05) is 26.4 Å². The fourth-order valence-electron chi connectivity index (χ4n) is 3.41. The normalized spacial score (nSPS) is 25.6. The summed E-state index contributed by atoms with van der Waals surface area (Å²) in [5.41, 5.74) is 1.82. The minimum absolute atomic E-state index is 0.0848. The van der Waals surface area contributed by atoms with Crippen LogP contribution >= 0.6 is 0 Å². The lowest BCUT2D eigenvalue weighted by Crippen LogP contribution is -2.36. The molecule has 0 aromatic heterocycles. The van der Waals surface area contributed by atoms with E-state index in [1.165, 1.54) is 0 Å². The zero-order valence-corrected chi connectivity index (χ0v) is 17.6. The summed E-state index contributed by atoms with van der Waals surface area (Å²) in [7, 11) is 0. The summed E-state index contributed by atoms with van der Waals surface area (Å²) in [6.45, 7) is 0.925. The molecule has 8 nitrogen and oxygen atoms in total. The van der Waals surface area contributed by atoms with Gasteiger partial charge in [0.05, 0.1) is 39.3 Å². The van der Waals surface area contributed by atoms with Crippen LogP contribution in [0.2, 0.25) is 0 Å². The van der Waals surface area contributed by atoms with Gasteiger partial charge in [-0.25, -0.2) is 0 Å². The van der Waals surface area contributed by atoms with Crippen molar-refractivity contribution >= 4 is 11.9 Å². The third-order valence-corrected chi connectivity index (χ3v) is 5.01. The molecule has 0 aliphatic carbocycles. The molecule has 0 N–H and O–H groups in total. The molecular formula is C24H26O8. The van der Waals surface area contributed by atoms with Crippen LogP contribution < -0.4 is 0 Å². The topological polar surface area (TPSA) is 89.5 Å². The molecule has 4 rings (SSSR count). The number of carbonyl (C=O) groups excluding carboxylic acids is 2. The molecule has 2 aromatic rings. The first kappa shape index (κ1) is 22.4. The number of hydrogen-bond donors (Lipinski definition) is 0. The Hall–Kier alpha value is -2.78. The highest BCUT2D eigenvalue weighted by molar-refractivity contribution is 5.77. The highest BCUT2D eigenvalue weighted by atomic mass is 16.7. The molecule has 2 saturated heterocycles. The van der Waals surface area contributed by atoms with E-state index >= 15 is 0 Å². The Morgan fingerprint density at radius 3 is 1.31 bits per heavy atom. The fraction of sp³-hybridized carbons (Fsp3) is 0.417. The lowest BCUT2D eigenvalue weighted by Gasteiger charge is -2.29. The second kappa shape index (κ2) is 11.2. The predicted molar refractivity (Wildman–Crippen MR) is 111 cm³/mol. The van der Waals surface area contributed by atoms with E-state index in [2.05, 4.69) is 0 Å². The molecule has 0 saturated carbocycles. The van der Waals surface area contributed by atoms with Crippen molar-refractivity contribution in [2.45, 2.75) is 37.6 Å². The lowest BCUT2D eigenvalue weighted by molar-refractivity contribution is -0.231. The number of rotatable bonds is 7. The Kier molecular flexibility index (Phi) is 7.84. The van der Waals surface area contributed by atoms with E-state index < -0.39 is 36.7 Å². The molecule has 0 radical (unpaired) electrons. The van der Waals surface area contributed by atoms with E-state index in [-0.39, 0.29) is 39.3 Å². The summed E-state index contributed by atoms with van der Waals surface area (Å²) in [5, 5.41) is 0. The minimum atomic E-state index is -0.506. The summed E-state index contributed by atoms with van der Waals surface area (Å²) in [6.07, 6.45) is -2.12. The van der Waals surface area contributed by atoms with Crippen molar-refractivity contribution in [1.29, 1.82) is 0 Å². The Bertz CT molecular complexity index is 783. The Labute approximate surface area is 186 Å². The van der Waals surface area contributed by atoms with Gasteiger partial charge in [-0.2, -0.15) is 0 Å². The molecule has 0 bridgehead atoms. The van der Waals surface area contributed by atoms with E-state index in [4.69, 9.17) is 28.4 Å². The first-order valence-electron chi connectivity index (χ1n) is 10.6. The van der Waals surface area contributed by atoms with Crippen molar-refractivity contribution in [3.63, 3.8) is 0 Å². The van der Waals surface area contributed by atoms with Gasteiger partial charge in [-0.05, 0) is 0 Å². The maximum absolute atomic E-state index is 12.1. The minimum Gasteiger partial charge on any atom is -0.457 e. The lowest BCUT2D eigenvalue weighted by atomic mass is 10.2. The van der Waals surface area contributed by atoms with Crippen LogP contribution in [0, 0.1) is 0 Å². The molecule has 170 valence electrons. The number of ether oxygens (including phenoxy) is 6. The fourth-order valence-corrected chi connectivity index (χ4v) is 3.41. The third-order valence-electron chi connectivity index (χ3n) is 5.01. The van der Waals surface area contributed by atoms with Crippen molar-refractivity contribution in [3.8, 4) is 0 Å². The average molecular weight is 442 g/mol. The average Bonchev–Trinajstić information content (AvgIpc) is 2.85. The summed E-state index contributed by atoms with van der Waals surface area (Å²) in [6, 6.07) is 19.1. The monoisotopic (exact) mass is 442 g/mol. The SMILES string of the molecule is O=C(CCC(=O)OC1COC(c2ccccc2)OC1)OC1COC(c2ccccc2)OC1. The van der Waals surface area contributed by atoms with E-state index in [1.807, 2.05) is 60.7 Å². The Morgan fingerprint density at radius 2 is 0.969 bits per heavy atom. The standard InChI is InChI=1S/C24H26O8/c25-21(31-19-13-27-23(28-14-19)17-7-3-1-4-8-17)11-12-22(26)32-20-15-29-24(30-16-20)18-9-5-2-6-10-18/h1-10,19-20,23-24H,11-16H2. The quantitative estimate of drug-likeness (QED) is 0.605. The van der Waals surface area contributed by atoms with Gasteiger partial charge in [0.2, 0.25) is 0 Å². The van der Waals surface area contributed by atoms with Gasteiger partial charge < -0.3 is 28.4 Å². The molecular weight excluding hydrogens is 416 g/mol. The number of hydrogen-bond acceptors (Lipinski definition) is 8. The third kappa shape index (κ3) is 6.37. The van der Waals surface area contributed by atoms with Crippen LogP contribution in [-0.4, -0.2) is 50.6 Å². The summed E-state index contributed by atoms with van der Waals surface area (Å²) in [5.74, 6) is -1.00. The van der Waals surface area contributed by atoms with Crippen molar-refractivity contribution in [2.24, 2.45) is 0 Å². The molecule has 2 aliphatic heterocycles. The molecule has 32 heavy (non-hydrogen) atoms. The number of carbonyl (C=O) groups is 2. The van der Waals surface area contributed by atoms with E-state index in [9.17, 15) is 9.59 Å². The molecule has 0 amide bonds. The van der Waals surface area contributed by atoms with Gasteiger partial charge in [0, 0.05) is 11.1 Å². The zero-order chi connectivity index (χ0) is 22.2. The van der Waals surface area contributed by atoms with Gasteiger partial charge >= 0.3 is 11.9 Å². The first-order valence-corrected chi connectivity index (χ1v) is 10.6. The summed E-state index contributed by atoms with van der Waals surface area (Å²) < 4.78 is 33.2. The number of esters is 2. The van der Waals surface area contributed by atoms with Gasteiger partial charge in [-0.1, -0.05) is 60.7 Å². The molecule has 8 heteroatoms. The largest absolute Gasteiger partial charge is 0.457 e. The smallest absolute Gasteiger partial charge is 0.306 e. The first-order chi connectivity index (χ1) is 15.7. The van der Waals surface area contributed by atoms with Crippen LogP contribution in [0.25, 0.3) is 0 Å². The maximum atomic E-state index is 12.1. The van der Waals surface area contributed by atoms with Gasteiger partial charge in [-0.3, -0.25) is 9.59 Å². The van der Waals surface area contributed by atoms with Crippen LogP contribution in [-0.2, 0) is 38.0 Å². The van der Waals surface area contributed by atoms with Crippen molar-refractivity contribution in [3.05, 3.63) is 71.8 Å². The van der Waals surface area contributed by atoms with Gasteiger partial charge in [-0.15, -0.1) is 0 Å². The highest BCUT2D eigenvalue weighted by Crippen LogP contribution is 2.25. The number of benzene rings is 2. The zero-order valence-electron chi connectivity index (χ0n) is 17.6. The molecule has 2 aromatic carbocycles. The van der Waals surface area contributed by atoms with Crippen LogP contribution in [0.4, 0.5) is 0 Å². The molecule has 2 aliphatic rings. The molecule has 2 heterocycles. The van der Waals surface area contributed by atoms with Crippen LogP contribution in [0.5, 0.6) is 0 Å². The molecule has 0 unspecified atom stereocenters. The second-order valence-electron chi connectivity index (χ2n) is 7.54. The van der Waals surface area contributed by atoms with Crippen LogP contribution in [0.1, 0.15) is 36.5 Å². The molecule has 2 fully saturated rings. The molecule has 0 atom stereocenters. The predicted octanol–water partition coefficient (Wildman–Crippen LogP) is 3.08.